The molecule has 0 aromatic heterocycles. The van der Waals surface area contributed by atoms with Gasteiger partial charge in [-0.2, -0.15) is 0 Å². The second kappa shape index (κ2) is 7.42. The standard InChI is InChI=1S/C19H30O5/c20-17(21)16(18(22)23)4-2-1-3-5-24-12-19-9-13-6-14(10-19)8-15(7-13)11-19/h13-16H,1-12H2,(H,20,21)(H,22,23). The molecule has 0 aromatic rings. The van der Waals surface area contributed by atoms with Gasteiger partial charge in [0.2, 0.25) is 0 Å². The molecule has 24 heavy (non-hydrogen) atoms. The summed E-state index contributed by atoms with van der Waals surface area (Å²) in [4.78, 5) is 21.6. The molecule has 0 amide bonds. The Kier molecular flexibility index (Phi) is 5.48. The second-order valence-electron chi connectivity index (χ2n) is 8.55. The van der Waals surface area contributed by atoms with Gasteiger partial charge in [0.1, 0.15) is 0 Å². The number of unbranched alkanes of at least 4 members (excludes halogenated alkanes) is 2. The normalized spacial score (nSPS) is 34.0. The molecule has 0 saturated heterocycles. The van der Waals surface area contributed by atoms with Crippen LogP contribution < -0.4 is 0 Å². The summed E-state index contributed by atoms with van der Waals surface area (Å²) in [7, 11) is 0. The molecule has 0 unspecified atom stereocenters. The van der Waals surface area contributed by atoms with Crippen LogP contribution in [0.3, 0.4) is 0 Å². The van der Waals surface area contributed by atoms with Crippen LogP contribution in [0, 0.1) is 29.1 Å². The molecule has 0 atom stereocenters. The fraction of sp³-hybridized carbons (Fsp3) is 0.895. The van der Waals surface area contributed by atoms with E-state index in [1.54, 1.807) is 0 Å². The predicted molar refractivity (Wildman–Crippen MR) is 88.7 cm³/mol. The third kappa shape index (κ3) is 4.11. The average molecular weight is 338 g/mol. The number of carboxylic acid groups (broad SMARTS) is 2. The average Bonchev–Trinajstić information content (AvgIpc) is 2.47. The summed E-state index contributed by atoms with van der Waals surface area (Å²) in [5.74, 6) is -0.893. The molecule has 0 heterocycles. The summed E-state index contributed by atoms with van der Waals surface area (Å²) in [6, 6.07) is 0. The van der Waals surface area contributed by atoms with E-state index in [0.29, 0.717) is 18.4 Å². The Hall–Kier alpha value is -1.10. The first-order valence-electron chi connectivity index (χ1n) is 9.51. The number of carbonyl (C=O) groups is 2. The zero-order valence-corrected chi connectivity index (χ0v) is 14.4. The maximum atomic E-state index is 10.8. The van der Waals surface area contributed by atoms with Crippen LogP contribution in [0.1, 0.15) is 64.2 Å². The summed E-state index contributed by atoms with van der Waals surface area (Å²) in [6.45, 7) is 1.61. The fourth-order valence-electron chi connectivity index (χ4n) is 5.84. The Bertz CT molecular complexity index is 423. The highest BCUT2D eigenvalue weighted by Crippen LogP contribution is 2.60. The maximum Gasteiger partial charge on any atom is 0.317 e. The number of carboxylic acids is 2. The molecule has 5 nitrogen and oxygen atoms in total. The molecule has 4 fully saturated rings. The second-order valence-corrected chi connectivity index (χ2v) is 8.55. The zero-order valence-electron chi connectivity index (χ0n) is 14.4. The number of hydrogen-bond acceptors (Lipinski definition) is 3. The van der Waals surface area contributed by atoms with Crippen molar-refractivity contribution in [3.8, 4) is 0 Å². The number of hydrogen-bond donors (Lipinski definition) is 2. The summed E-state index contributed by atoms with van der Waals surface area (Å²) in [5.41, 5.74) is 0.451. The Balaban J connectivity index is 1.29. The van der Waals surface area contributed by atoms with Gasteiger partial charge in [0.05, 0.1) is 6.61 Å². The molecule has 4 aliphatic carbocycles. The van der Waals surface area contributed by atoms with E-state index in [0.717, 1.165) is 37.2 Å². The van der Waals surface area contributed by atoms with Gasteiger partial charge in [-0.05, 0) is 74.5 Å². The Morgan fingerprint density at radius 2 is 1.46 bits per heavy atom. The van der Waals surface area contributed by atoms with Crippen LogP contribution in [0.2, 0.25) is 0 Å². The first-order valence-corrected chi connectivity index (χ1v) is 9.51. The van der Waals surface area contributed by atoms with Gasteiger partial charge < -0.3 is 14.9 Å². The van der Waals surface area contributed by atoms with Gasteiger partial charge in [0.25, 0.3) is 0 Å². The molecule has 0 radical (unpaired) electrons. The molecule has 0 aliphatic heterocycles. The minimum atomic E-state index is -1.27. The predicted octanol–water partition coefficient (Wildman–Crippen LogP) is 3.57. The molecule has 0 aromatic carbocycles. The lowest BCUT2D eigenvalue weighted by atomic mass is 9.50. The zero-order chi connectivity index (χ0) is 17.2. The molecular weight excluding hydrogens is 308 g/mol. The first-order chi connectivity index (χ1) is 11.5. The van der Waals surface area contributed by atoms with E-state index < -0.39 is 17.9 Å². The number of aliphatic carboxylic acids is 2. The lowest BCUT2D eigenvalue weighted by molar-refractivity contribution is -0.154. The quantitative estimate of drug-likeness (QED) is 0.470. The van der Waals surface area contributed by atoms with Crippen molar-refractivity contribution < 1.29 is 24.5 Å². The maximum absolute atomic E-state index is 10.8. The van der Waals surface area contributed by atoms with E-state index in [1.165, 1.54) is 38.5 Å². The van der Waals surface area contributed by atoms with Crippen molar-refractivity contribution in [2.45, 2.75) is 64.2 Å². The molecule has 4 saturated carbocycles. The Morgan fingerprint density at radius 3 is 1.96 bits per heavy atom. The molecule has 136 valence electrons. The summed E-state index contributed by atoms with van der Waals surface area (Å²) < 4.78 is 5.99. The van der Waals surface area contributed by atoms with E-state index in [1.807, 2.05) is 0 Å². The van der Waals surface area contributed by atoms with E-state index in [4.69, 9.17) is 14.9 Å². The van der Waals surface area contributed by atoms with Gasteiger partial charge in [-0.3, -0.25) is 9.59 Å². The highest BCUT2D eigenvalue weighted by molar-refractivity contribution is 5.92. The van der Waals surface area contributed by atoms with Crippen molar-refractivity contribution in [1.82, 2.24) is 0 Å². The lowest BCUT2D eigenvalue weighted by Crippen LogP contribution is -2.48. The Morgan fingerprint density at radius 1 is 0.917 bits per heavy atom. The van der Waals surface area contributed by atoms with Gasteiger partial charge >= 0.3 is 11.9 Å². The largest absolute Gasteiger partial charge is 0.481 e. The minimum absolute atomic E-state index is 0.208. The van der Waals surface area contributed by atoms with Crippen LogP contribution >= 0.6 is 0 Å². The van der Waals surface area contributed by atoms with Crippen LogP contribution in [0.15, 0.2) is 0 Å². The molecule has 0 spiro atoms. The molecule has 4 aliphatic rings. The van der Waals surface area contributed by atoms with Gasteiger partial charge in [-0.1, -0.05) is 12.8 Å². The lowest BCUT2D eigenvalue weighted by Gasteiger charge is -2.56. The fourth-order valence-corrected chi connectivity index (χ4v) is 5.84. The Labute approximate surface area is 143 Å². The molecule has 4 rings (SSSR count). The summed E-state index contributed by atoms with van der Waals surface area (Å²) in [6.07, 6.45) is 11.0. The van der Waals surface area contributed by atoms with Crippen molar-refractivity contribution in [3.05, 3.63) is 0 Å². The van der Waals surface area contributed by atoms with Gasteiger partial charge in [-0.15, -0.1) is 0 Å². The van der Waals surface area contributed by atoms with Crippen molar-refractivity contribution in [2.75, 3.05) is 13.2 Å². The van der Waals surface area contributed by atoms with Crippen molar-refractivity contribution in [1.29, 1.82) is 0 Å². The third-order valence-corrected chi connectivity index (χ3v) is 6.45. The smallest absolute Gasteiger partial charge is 0.317 e. The molecule has 2 N–H and O–H groups in total. The van der Waals surface area contributed by atoms with E-state index in [2.05, 4.69) is 0 Å². The number of ether oxygens (including phenoxy) is 1. The van der Waals surface area contributed by atoms with Crippen LogP contribution in [-0.4, -0.2) is 35.4 Å². The van der Waals surface area contributed by atoms with Crippen LogP contribution in [-0.2, 0) is 14.3 Å². The molecule has 4 bridgehead atoms. The van der Waals surface area contributed by atoms with Crippen LogP contribution in [0.5, 0.6) is 0 Å². The minimum Gasteiger partial charge on any atom is -0.481 e. The van der Waals surface area contributed by atoms with E-state index in [-0.39, 0.29) is 6.42 Å². The van der Waals surface area contributed by atoms with Crippen molar-refractivity contribution >= 4 is 11.9 Å². The van der Waals surface area contributed by atoms with E-state index >= 15 is 0 Å². The summed E-state index contributed by atoms with van der Waals surface area (Å²) in [5, 5.41) is 17.7. The van der Waals surface area contributed by atoms with Gasteiger partial charge in [-0.25, -0.2) is 0 Å². The SMILES string of the molecule is O=C(O)C(CCCCCOCC12CC3CC(CC(C3)C1)C2)C(=O)O. The van der Waals surface area contributed by atoms with Crippen LogP contribution in [0.25, 0.3) is 0 Å². The third-order valence-electron chi connectivity index (χ3n) is 6.45. The first kappa shape index (κ1) is 17.7. The monoisotopic (exact) mass is 338 g/mol. The van der Waals surface area contributed by atoms with Crippen LogP contribution in [0.4, 0.5) is 0 Å². The molecular formula is C19H30O5. The van der Waals surface area contributed by atoms with Gasteiger partial charge in [0, 0.05) is 6.61 Å². The van der Waals surface area contributed by atoms with Crippen molar-refractivity contribution in [2.24, 2.45) is 29.1 Å². The van der Waals surface area contributed by atoms with Gasteiger partial charge in [0.15, 0.2) is 5.92 Å². The molecule has 5 heteroatoms. The van der Waals surface area contributed by atoms with Crippen molar-refractivity contribution in [3.63, 3.8) is 0 Å². The topological polar surface area (TPSA) is 83.8 Å². The highest BCUT2D eigenvalue weighted by atomic mass is 16.5. The highest BCUT2D eigenvalue weighted by Gasteiger charge is 2.50. The van der Waals surface area contributed by atoms with E-state index in [9.17, 15) is 9.59 Å². The summed E-state index contributed by atoms with van der Waals surface area (Å²) >= 11 is 0. The number of rotatable bonds is 10.